The summed E-state index contributed by atoms with van der Waals surface area (Å²) < 4.78 is 0. The fourth-order valence-electron chi connectivity index (χ4n) is 0. The van der Waals surface area contributed by atoms with Gasteiger partial charge in [-0.15, -0.1) is 0 Å². The summed E-state index contributed by atoms with van der Waals surface area (Å²) in [4.78, 5) is 0. The second kappa shape index (κ2) is 72.5. The van der Waals surface area contributed by atoms with E-state index in [1.54, 1.807) is 0 Å². The van der Waals surface area contributed by atoms with Crippen LogP contribution < -0.4 is 0 Å². The molecule has 0 aliphatic rings. The summed E-state index contributed by atoms with van der Waals surface area (Å²) >= 11 is 0. The van der Waals surface area contributed by atoms with Crippen LogP contribution in [0.15, 0.2) is 0 Å². The Morgan fingerprint density at radius 1 is 1.67 bits per heavy atom. The second-order valence-electron chi connectivity index (χ2n) is 0.500. The second-order valence-corrected chi connectivity index (χ2v) is 0.500. The van der Waals surface area contributed by atoms with Crippen LogP contribution in [0.1, 0.15) is 13.3 Å². The largest absolute Gasteiger partial charge is 2.00 e. The molecule has 0 aromatic heterocycles. The fourth-order valence-corrected chi connectivity index (χ4v) is 0. The van der Waals surface area contributed by atoms with Crippen LogP contribution in [-0.4, -0.2) is 0 Å². The monoisotopic (exact) mass is 131 g/mol. The molecule has 1 radical (unpaired) electrons. The van der Waals surface area contributed by atoms with Gasteiger partial charge in [-0.25, -0.2) is 0 Å². The summed E-state index contributed by atoms with van der Waals surface area (Å²) in [5, 5.41) is 0. The van der Waals surface area contributed by atoms with Gasteiger partial charge in [0, 0.05) is 0 Å². The zero-order chi connectivity index (χ0) is 4.71. The van der Waals surface area contributed by atoms with Crippen molar-refractivity contribution in [2.75, 3.05) is 0 Å². The Balaban J connectivity index is -0.0000000275. The van der Waals surface area contributed by atoms with Gasteiger partial charge in [-0.2, -0.15) is 6.42 Å². The molecule has 0 saturated heterocycles. The minimum atomic E-state index is 0. The standard InChI is InChI=1S/C3H7.C2H.Cu/c1-3-2;1-2;/h1,3H2,2H3;1H;/q2*-1;+2. The summed E-state index contributed by atoms with van der Waals surface area (Å²) in [6.45, 7) is 5.50. The average molecular weight is 132 g/mol. The number of rotatable bonds is 0. The molecule has 0 bridgehead atoms. The molecule has 1 heteroatoms. The van der Waals surface area contributed by atoms with Crippen LogP contribution in [0.2, 0.25) is 0 Å². The maximum Gasteiger partial charge on any atom is 2.00 e. The van der Waals surface area contributed by atoms with Gasteiger partial charge in [0.15, 0.2) is 0 Å². The first kappa shape index (κ1) is 16.5. The SMILES string of the molecule is [C-]#C.[CH2-]CC.[Cu+2]. The summed E-state index contributed by atoms with van der Waals surface area (Å²) in [5.41, 5.74) is 0. The van der Waals surface area contributed by atoms with Crippen molar-refractivity contribution in [3.05, 3.63) is 13.3 Å². The molecule has 0 fully saturated rings. The van der Waals surface area contributed by atoms with Crippen LogP contribution in [0, 0.1) is 19.8 Å². The first-order chi connectivity index (χ1) is 2.41. The molecule has 0 aromatic carbocycles. The van der Waals surface area contributed by atoms with E-state index in [2.05, 4.69) is 13.3 Å². The fraction of sp³-hybridized carbons (Fsp3) is 0.400. The van der Waals surface area contributed by atoms with E-state index in [1.807, 2.05) is 6.92 Å². The predicted molar refractivity (Wildman–Crippen MR) is 23.8 cm³/mol. The van der Waals surface area contributed by atoms with Gasteiger partial charge in [0.1, 0.15) is 0 Å². The minimum Gasteiger partial charge on any atom is -0.697 e. The van der Waals surface area contributed by atoms with Crippen molar-refractivity contribution in [1.82, 2.24) is 0 Å². The molecule has 0 heterocycles. The predicted octanol–water partition coefficient (Wildman–Crippen LogP) is 1.43. The molecule has 0 unspecified atom stereocenters. The quantitative estimate of drug-likeness (QED) is 0.265. The minimum absolute atomic E-state index is 0. The van der Waals surface area contributed by atoms with E-state index in [4.69, 9.17) is 6.42 Å². The summed E-state index contributed by atoms with van der Waals surface area (Å²) in [7, 11) is 0. The Morgan fingerprint density at radius 2 is 1.67 bits per heavy atom. The third kappa shape index (κ3) is 6120. The van der Waals surface area contributed by atoms with Crippen LogP contribution in [-0.2, 0) is 17.1 Å². The maximum absolute atomic E-state index is 5.25. The topological polar surface area (TPSA) is 0 Å². The normalized spacial score (nSPS) is 3.33. The Kier molecular flexibility index (Phi) is 200. The van der Waals surface area contributed by atoms with Gasteiger partial charge >= 0.3 is 17.1 Å². The molecule has 0 atom stereocenters. The van der Waals surface area contributed by atoms with Crippen LogP contribution in [0.25, 0.3) is 0 Å². The van der Waals surface area contributed by atoms with Crippen molar-refractivity contribution in [3.63, 3.8) is 0 Å². The van der Waals surface area contributed by atoms with Gasteiger partial charge < -0.3 is 19.8 Å². The third-order valence-electron chi connectivity index (χ3n) is 0. The summed E-state index contributed by atoms with van der Waals surface area (Å²) in [6.07, 6.45) is 10.0. The van der Waals surface area contributed by atoms with E-state index in [1.165, 1.54) is 0 Å². The van der Waals surface area contributed by atoms with Gasteiger partial charge in [-0.05, 0) is 0 Å². The smallest absolute Gasteiger partial charge is 0.697 e. The average Bonchev–Trinajstić information content (AvgIpc) is 1.46. The molecule has 0 aliphatic heterocycles. The van der Waals surface area contributed by atoms with Gasteiger partial charge in [-0.3, -0.25) is 0 Å². The number of terminal acetylenes is 1. The molecule has 0 aromatic rings. The summed E-state index contributed by atoms with van der Waals surface area (Å²) in [6, 6.07) is 0. The van der Waals surface area contributed by atoms with E-state index in [0.717, 1.165) is 6.42 Å². The van der Waals surface area contributed by atoms with E-state index in [9.17, 15) is 0 Å². The zero-order valence-electron chi connectivity index (χ0n) is 3.79. The molecular weight excluding hydrogens is 124 g/mol. The first-order valence-electron chi connectivity index (χ1n) is 1.50. The molecule has 0 aliphatic carbocycles. The first-order valence-corrected chi connectivity index (χ1v) is 1.50. The van der Waals surface area contributed by atoms with Crippen LogP contribution in [0.5, 0.6) is 0 Å². The van der Waals surface area contributed by atoms with Crippen LogP contribution in [0.4, 0.5) is 0 Å². The Bertz CT molecular complexity index is 15.1. The van der Waals surface area contributed by atoms with E-state index >= 15 is 0 Å². The van der Waals surface area contributed by atoms with Crippen LogP contribution >= 0.6 is 0 Å². The van der Waals surface area contributed by atoms with E-state index < -0.39 is 0 Å². The van der Waals surface area contributed by atoms with Crippen molar-refractivity contribution in [2.45, 2.75) is 13.3 Å². The van der Waals surface area contributed by atoms with Crippen molar-refractivity contribution in [1.29, 1.82) is 0 Å². The Hall–Kier alpha value is 0.0795. The van der Waals surface area contributed by atoms with Gasteiger partial charge in [0.25, 0.3) is 0 Å². The Morgan fingerprint density at radius 3 is 1.67 bits per heavy atom. The molecule has 0 saturated carbocycles. The zero-order valence-corrected chi connectivity index (χ0v) is 4.73. The van der Waals surface area contributed by atoms with Crippen molar-refractivity contribution in [2.24, 2.45) is 0 Å². The number of hydrogen-bond donors (Lipinski definition) is 0. The van der Waals surface area contributed by atoms with Crippen LogP contribution in [0.3, 0.4) is 0 Å². The van der Waals surface area contributed by atoms with Gasteiger partial charge in [-0.1, -0.05) is 6.92 Å². The molecule has 0 spiro atoms. The summed E-state index contributed by atoms with van der Waals surface area (Å²) in [5.74, 6) is 0. The molecule has 0 rings (SSSR count). The molecule has 0 nitrogen and oxygen atoms in total. The maximum atomic E-state index is 5.25. The van der Waals surface area contributed by atoms with E-state index in [0.29, 0.717) is 0 Å². The Labute approximate surface area is 50.8 Å². The molecule has 0 amide bonds. The molecule has 39 valence electrons. The molecule has 6 heavy (non-hydrogen) atoms. The van der Waals surface area contributed by atoms with Crippen molar-refractivity contribution in [3.8, 4) is 6.42 Å². The number of hydrogen-bond acceptors (Lipinski definition) is 0. The van der Waals surface area contributed by atoms with Crippen molar-refractivity contribution >= 4 is 0 Å². The van der Waals surface area contributed by atoms with E-state index in [-0.39, 0.29) is 17.1 Å². The molecular formula is C5H8Cu. The van der Waals surface area contributed by atoms with Gasteiger partial charge in [0.2, 0.25) is 0 Å². The molecule has 0 N–H and O–H groups in total. The third-order valence-corrected chi connectivity index (χ3v) is 0. The van der Waals surface area contributed by atoms with Crippen molar-refractivity contribution < 1.29 is 17.1 Å². The van der Waals surface area contributed by atoms with Gasteiger partial charge in [0.05, 0.1) is 0 Å².